The summed E-state index contributed by atoms with van der Waals surface area (Å²) in [6.45, 7) is 1.70. The highest BCUT2D eigenvalue weighted by molar-refractivity contribution is 5.73. The van der Waals surface area contributed by atoms with Gasteiger partial charge in [0.05, 0.1) is 21.3 Å². The highest BCUT2D eigenvalue weighted by Gasteiger charge is 2.12. The van der Waals surface area contributed by atoms with Crippen molar-refractivity contribution in [1.29, 1.82) is 0 Å². The van der Waals surface area contributed by atoms with E-state index in [0.717, 1.165) is 12.0 Å². The van der Waals surface area contributed by atoms with Gasteiger partial charge in [-0.2, -0.15) is 0 Å². The van der Waals surface area contributed by atoms with Crippen molar-refractivity contribution in [2.45, 2.75) is 12.8 Å². The molecule has 2 amide bonds. The average molecular weight is 326 g/mol. The van der Waals surface area contributed by atoms with Crippen molar-refractivity contribution in [3.8, 4) is 17.2 Å². The molecule has 1 rings (SSSR count). The number of methoxy groups -OCH3 is 4. The molecule has 7 nitrogen and oxygen atoms in total. The van der Waals surface area contributed by atoms with Crippen LogP contribution in [-0.2, 0) is 11.2 Å². The Morgan fingerprint density at radius 3 is 2.13 bits per heavy atom. The monoisotopic (exact) mass is 326 g/mol. The van der Waals surface area contributed by atoms with Crippen LogP contribution >= 0.6 is 0 Å². The first-order valence-corrected chi connectivity index (χ1v) is 7.45. The number of hydrogen-bond acceptors (Lipinski definition) is 5. The molecule has 0 saturated heterocycles. The Balaban J connectivity index is 2.52. The summed E-state index contributed by atoms with van der Waals surface area (Å²) in [5.74, 6) is 1.94. The number of carbonyl (C=O) groups excluding carboxylic acids is 1. The average Bonchev–Trinajstić information content (AvgIpc) is 2.58. The Kier molecular flexibility index (Phi) is 8.67. The van der Waals surface area contributed by atoms with Gasteiger partial charge in [-0.1, -0.05) is 0 Å². The lowest BCUT2D eigenvalue weighted by atomic mass is 10.1. The Morgan fingerprint density at radius 2 is 1.52 bits per heavy atom. The minimum absolute atomic E-state index is 0.194. The molecule has 0 aromatic heterocycles. The molecular formula is C16H26N2O5. The lowest BCUT2D eigenvalue weighted by molar-refractivity contribution is 0.193. The highest BCUT2D eigenvalue weighted by atomic mass is 16.5. The fourth-order valence-corrected chi connectivity index (χ4v) is 2.08. The zero-order chi connectivity index (χ0) is 17.1. The van der Waals surface area contributed by atoms with Crippen LogP contribution in [0.3, 0.4) is 0 Å². The molecule has 7 heteroatoms. The number of carbonyl (C=O) groups is 1. The van der Waals surface area contributed by atoms with Crippen molar-refractivity contribution in [2.75, 3.05) is 48.1 Å². The van der Waals surface area contributed by atoms with Crippen molar-refractivity contribution in [1.82, 2.24) is 10.6 Å². The van der Waals surface area contributed by atoms with Crippen molar-refractivity contribution >= 4 is 6.03 Å². The van der Waals surface area contributed by atoms with Gasteiger partial charge in [-0.15, -0.1) is 0 Å². The SMILES string of the molecule is COCCCNC(=O)NCCc1cc(OC)c(OC)cc1OC. The van der Waals surface area contributed by atoms with Crippen LogP contribution in [0.15, 0.2) is 12.1 Å². The third-order valence-corrected chi connectivity index (χ3v) is 3.28. The second kappa shape index (κ2) is 10.6. The van der Waals surface area contributed by atoms with E-state index in [1.54, 1.807) is 34.5 Å². The first kappa shape index (κ1) is 18.9. The van der Waals surface area contributed by atoms with E-state index in [9.17, 15) is 4.79 Å². The Morgan fingerprint density at radius 1 is 0.913 bits per heavy atom. The molecule has 0 bridgehead atoms. The summed E-state index contributed by atoms with van der Waals surface area (Å²) in [6.07, 6.45) is 1.41. The van der Waals surface area contributed by atoms with E-state index in [1.807, 2.05) is 6.07 Å². The van der Waals surface area contributed by atoms with Gasteiger partial charge in [0.2, 0.25) is 0 Å². The summed E-state index contributed by atoms with van der Waals surface area (Å²) in [6, 6.07) is 3.44. The second-order valence-corrected chi connectivity index (χ2v) is 4.80. The van der Waals surface area contributed by atoms with Gasteiger partial charge >= 0.3 is 6.03 Å². The molecule has 1 aromatic carbocycles. The molecular weight excluding hydrogens is 300 g/mol. The van der Waals surface area contributed by atoms with Crippen LogP contribution in [-0.4, -0.2) is 54.2 Å². The summed E-state index contributed by atoms with van der Waals surface area (Å²) in [5.41, 5.74) is 0.935. The molecule has 2 N–H and O–H groups in total. The molecule has 0 heterocycles. The third kappa shape index (κ3) is 6.23. The first-order chi connectivity index (χ1) is 11.2. The number of nitrogens with one attached hydrogen (secondary N) is 2. The fourth-order valence-electron chi connectivity index (χ4n) is 2.08. The standard InChI is InChI=1S/C16H26N2O5/c1-20-9-5-7-17-16(19)18-8-6-12-10-14(22-3)15(23-4)11-13(12)21-2/h10-11H,5-9H2,1-4H3,(H2,17,18,19). The number of hydrogen-bond donors (Lipinski definition) is 2. The maximum absolute atomic E-state index is 11.6. The van der Waals surface area contributed by atoms with Gasteiger partial charge in [0.1, 0.15) is 5.75 Å². The van der Waals surface area contributed by atoms with Crippen LogP contribution in [0, 0.1) is 0 Å². The van der Waals surface area contributed by atoms with E-state index in [0.29, 0.717) is 43.4 Å². The number of amides is 2. The van der Waals surface area contributed by atoms with Gasteiger partial charge in [-0.05, 0) is 24.5 Å². The summed E-state index contributed by atoms with van der Waals surface area (Å²) in [5, 5.41) is 5.57. The molecule has 0 saturated carbocycles. The van der Waals surface area contributed by atoms with Gasteiger partial charge in [0.15, 0.2) is 11.5 Å². The number of rotatable bonds is 10. The molecule has 0 unspecified atom stereocenters. The van der Waals surface area contributed by atoms with Crippen LogP contribution < -0.4 is 24.8 Å². The molecule has 0 aliphatic rings. The second-order valence-electron chi connectivity index (χ2n) is 4.80. The maximum Gasteiger partial charge on any atom is 0.314 e. The van der Waals surface area contributed by atoms with Gasteiger partial charge in [-0.25, -0.2) is 4.79 Å². The van der Waals surface area contributed by atoms with E-state index in [-0.39, 0.29) is 6.03 Å². The molecule has 0 atom stereocenters. The predicted molar refractivity (Wildman–Crippen MR) is 87.7 cm³/mol. The lowest BCUT2D eigenvalue weighted by Gasteiger charge is -2.14. The van der Waals surface area contributed by atoms with Gasteiger partial charge in [0, 0.05) is 32.9 Å². The van der Waals surface area contributed by atoms with Gasteiger partial charge in [-0.3, -0.25) is 0 Å². The maximum atomic E-state index is 11.6. The zero-order valence-corrected chi connectivity index (χ0v) is 14.2. The van der Waals surface area contributed by atoms with E-state index in [1.165, 1.54) is 0 Å². The minimum atomic E-state index is -0.194. The van der Waals surface area contributed by atoms with Gasteiger partial charge in [0.25, 0.3) is 0 Å². The number of ether oxygens (including phenoxy) is 4. The molecule has 0 spiro atoms. The smallest absolute Gasteiger partial charge is 0.314 e. The predicted octanol–water partition coefficient (Wildman–Crippen LogP) is 1.59. The van der Waals surface area contributed by atoms with Crippen LogP contribution in [0.5, 0.6) is 17.2 Å². The van der Waals surface area contributed by atoms with Crippen molar-refractivity contribution in [3.63, 3.8) is 0 Å². The van der Waals surface area contributed by atoms with Crippen molar-refractivity contribution < 1.29 is 23.7 Å². The summed E-state index contributed by atoms with van der Waals surface area (Å²) in [4.78, 5) is 11.6. The van der Waals surface area contributed by atoms with E-state index >= 15 is 0 Å². The van der Waals surface area contributed by atoms with E-state index < -0.39 is 0 Å². The molecule has 0 radical (unpaired) electrons. The minimum Gasteiger partial charge on any atom is -0.496 e. The topological polar surface area (TPSA) is 78.1 Å². The summed E-state index contributed by atoms with van der Waals surface area (Å²) >= 11 is 0. The summed E-state index contributed by atoms with van der Waals surface area (Å²) < 4.78 is 20.8. The van der Waals surface area contributed by atoms with E-state index in [4.69, 9.17) is 18.9 Å². The largest absolute Gasteiger partial charge is 0.496 e. The molecule has 1 aromatic rings. The van der Waals surface area contributed by atoms with Gasteiger partial charge < -0.3 is 29.6 Å². The molecule has 23 heavy (non-hydrogen) atoms. The van der Waals surface area contributed by atoms with Crippen LogP contribution in [0.4, 0.5) is 4.79 Å². The van der Waals surface area contributed by atoms with E-state index in [2.05, 4.69) is 10.6 Å². The zero-order valence-electron chi connectivity index (χ0n) is 14.2. The van der Waals surface area contributed by atoms with Crippen LogP contribution in [0.2, 0.25) is 0 Å². The van der Waals surface area contributed by atoms with Crippen molar-refractivity contribution in [2.24, 2.45) is 0 Å². The normalized spacial score (nSPS) is 10.1. The quantitative estimate of drug-likeness (QED) is 0.639. The Hall–Kier alpha value is -2.15. The third-order valence-electron chi connectivity index (χ3n) is 3.28. The molecule has 0 aliphatic carbocycles. The molecule has 0 aliphatic heterocycles. The first-order valence-electron chi connectivity index (χ1n) is 7.45. The number of urea groups is 1. The molecule has 0 fully saturated rings. The Labute approximate surface area is 137 Å². The van der Waals surface area contributed by atoms with Crippen LogP contribution in [0.1, 0.15) is 12.0 Å². The van der Waals surface area contributed by atoms with Crippen LogP contribution in [0.25, 0.3) is 0 Å². The number of benzene rings is 1. The highest BCUT2D eigenvalue weighted by Crippen LogP contribution is 2.34. The fraction of sp³-hybridized carbons (Fsp3) is 0.562. The summed E-state index contributed by atoms with van der Waals surface area (Å²) in [7, 11) is 6.39. The van der Waals surface area contributed by atoms with Crippen molar-refractivity contribution in [3.05, 3.63) is 17.7 Å². The molecule has 130 valence electrons. The Bertz CT molecular complexity index is 494. The lowest BCUT2D eigenvalue weighted by Crippen LogP contribution is -2.37.